The molecule has 0 fully saturated rings. The standard InChI is InChI=1S/C19H25FN4O/c1-14(19(25)23(2)13-15-5-3-7-17(20)11-15)22-12-16-6-4-9-24-10-8-21-18(16)24/h3,5,7-8,10-11,14,16,22H,4,6,9,12-13H2,1-2H3/t14-,16-/m1/s1. The van der Waals surface area contributed by atoms with Gasteiger partial charge in [-0.1, -0.05) is 12.1 Å². The van der Waals surface area contributed by atoms with E-state index in [0.717, 1.165) is 37.3 Å². The molecule has 1 aliphatic rings. The Morgan fingerprint density at radius 3 is 3.16 bits per heavy atom. The van der Waals surface area contributed by atoms with E-state index in [2.05, 4.69) is 14.9 Å². The summed E-state index contributed by atoms with van der Waals surface area (Å²) in [6, 6.07) is 6.07. The number of likely N-dealkylation sites (N-methyl/N-ethyl adjacent to an activating group) is 1. The molecule has 1 aromatic carbocycles. The summed E-state index contributed by atoms with van der Waals surface area (Å²) in [5.41, 5.74) is 0.789. The summed E-state index contributed by atoms with van der Waals surface area (Å²) in [4.78, 5) is 18.6. The van der Waals surface area contributed by atoms with Crippen molar-refractivity contribution < 1.29 is 9.18 Å². The number of nitrogens with one attached hydrogen (secondary N) is 1. The van der Waals surface area contributed by atoms with E-state index >= 15 is 0 Å². The van der Waals surface area contributed by atoms with Crippen LogP contribution in [0.2, 0.25) is 0 Å². The van der Waals surface area contributed by atoms with Crippen LogP contribution in [0.4, 0.5) is 4.39 Å². The van der Waals surface area contributed by atoms with Crippen molar-refractivity contribution in [2.24, 2.45) is 0 Å². The van der Waals surface area contributed by atoms with E-state index in [1.807, 2.05) is 25.4 Å². The van der Waals surface area contributed by atoms with Crippen LogP contribution in [0, 0.1) is 5.82 Å². The molecule has 0 unspecified atom stereocenters. The quantitative estimate of drug-likeness (QED) is 0.876. The minimum Gasteiger partial charge on any atom is -0.340 e. The molecule has 5 nitrogen and oxygen atoms in total. The van der Waals surface area contributed by atoms with Gasteiger partial charge in [0.2, 0.25) is 5.91 Å². The highest BCUT2D eigenvalue weighted by molar-refractivity contribution is 5.81. The minimum absolute atomic E-state index is 0.00316. The first kappa shape index (κ1) is 17.6. The lowest BCUT2D eigenvalue weighted by molar-refractivity contribution is -0.132. The molecule has 1 amide bonds. The van der Waals surface area contributed by atoms with E-state index in [-0.39, 0.29) is 17.8 Å². The van der Waals surface area contributed by atoms with E-state index in [1.165, 1.54) is 12.1 Å². The SMILES string of the molecule is C[C@@H](NC[C@H]1CCCn2ccnc21)C(=O)N(C)Cc1cccc(F)c1. The second-order valence-corrected chi connectivity index (χ2v) is 6.77. The van der Waals surface area contributed by atoms with Gasteiger partial charge in [0, 0.05) is 45.0 Å². The normalized spacial score (nSPS) is 17.8. The number of rotatable bonds is 6. The lowest BCUT2D eigenvalue weighted by Crippen LogP contribution is -2.44. The smallest absolute Gasteiger partial charge is 0.239 e. The van der Waals surface area contributed by atoms with Crippen LogP contribution in [0.5, 0.6) is 0 Å². The van der Waals surface area contributed by atoms with Gasteiger partial charge >= 0.3 is 0 Å². The number of aromatic nitrogens is 2. The number of aryl methyl sites for hydroxylation is 1. The van der Waals surface area contributed by atoms with Gasteiger partial charge < -0.3 is 14.8 Å². The minimum atomic E-state index is -0.288. The Labute approximate surface area is 147 Å². The molecular formula is C19H25FN4O. The van der Waals surface area contributed by atoms with Crippen LogP contribution >= 0.6 is 0 Å². The maximum atomic E-state index is 13.3. The number of hydrogen-bond acceptors (Lipinski definition) is 3. The van der Waals surface area contributed by atoms with Crippen molar-refractivity contribution in [1.29, 1.82) is 0 Å². The zero-order valence-corrected chi connectivity index (χ0v) is 14.8. The Balaban J connectivity index is 1.53. The number of carbonyl (C=O) groups excluding carboxylic acids is 1. The first-order chi connectivity index (χ1) is 12.0. The van der Waals surface area contributed by atoms with Crippen LogP contribution in [0.25, 0.3) is 0 Å². The summed E-state index contributed by atoms with van der Waals surface area (Å²) in [6.07, 6.45) is 6.08. The first-order valence-electron chi connectivity index (χ1n) is 8.78. The monoisotopic (exact) mass is 344 g/mol. The lowest BCUT2D eigenvalue weighted by Gasteiger charge is -2.27. The van der Waals surface area contributed by atoms with Gasteiger partial charge in [-0.2, -0.15) is 0 Å². The Bertz CT molecular complexity index is 730. The van der Waals surface area contributed by atoms with E-state index in [1.54, 1.807) is 18.0 Å². The van der Waals surface area contributed by atoms with Crippen molar-refractivity contribution in [3.8, 4) is 0 Å². The van der Waals surface area contributed by atoms with Gasteiger partial charge in [0.1, 0.15) is 11.6 Å². The fourth-order valence-electron chi connectivity index (χ4n) is 3.42. The first-order valence-corrected chi connectivity index (χ1v) is 8.78. The van der Waals surface area contributed by atoms with Crippen LogP contribution in [-0.4, -0.2) is 40.0 Å². The van der Waals surface area contributed by atoms with Crippen molar-refractivity contribution in [3.63, 3.8) is 0 Å². The predicted octanol–water partition coefficient (Wildman–Crippen LogP) is 2.54. The molecule has 2 atom stereocenters. The zero-order valence-electron chi connectivity index (χ0n) is 14.8. The highest BCUT2D eigenvalue weighted by Gasteiger charge is 2.24. The number of benzene rings is 1. The topological polar surface area (TPSA) is 50.2 Å². The number of hydrogen-bond donors (Lipinski definition) is 1. The summed E-state index contributed by atoms with van der Waals surface area (Å²) in [5.74, 6) is 1.17. The zero-order chi connectivity index (χ0) is 17.8. The summed E-state index contributed by atoms with van der Waals surface area (Å²) in [6.45, 7) is 4.03. The summed E-state index contributed by atoms with van der Waals surface area (Å²) >= 11 is 0. The second kappa shape index (κ2) is 7.78. The molecule has 0 saturated carbocycles. The molecule has 1 aromatic heterocycles. The molecule has 0 radical (unpaired) electrons. The van der Waals surface area contributed by atoms with Gasteiger partial charge in [0.15, 0.2) is 0 Å². The fourth-order valence-corrected chi connectivity index (χ4v) is 3.42. The molecule has 134 valence electrons. The Hall–Kier alpha value is -2.21. The molecule has 3 rings (SSSR count). The maximum absolute atomic E-state index is 13.3. The Morgan fingerprint density at radius 1 is 1.52 bits per heavy atom. The lowest BCUT2D eigenvalue weighted by atomic mass is 9.98. The van der Waals surface area contributed by atoms with Crippen molar-refractivity contribution >= 4 is 5.91 Å². The average Bonchev–Trinajstić information content (AvgIpc) is 3.08. The average molecular weight is 344 g/mol. The third kappa shape index (κ3) is 4.25. The van der Waals surface area contributed by atoms with Gasteiger partial charge in [-0.25, -0.2) is 9.37 Å². The molecule has 25 heavy (non-hydrogen) atoms. The van der Waals surface area contributed by atoms with Crippen LogP contribution < -0.4 is 5.32 Å². The molecule has 1 aliphatic heterocycles. The van der Waals surface area contributed by atoms with Crippen LogP contribution in [0.1, 0.15) is 37.1 Å². The van der Waals surface area contributed by atoms with Gasteiger partial charge in [-0.3, -0.25) is 4.79 Å². The fraction of sp³-hybridized carbons (Fsp3) is 0.474. The Kier molecular flexibility index (Phi) is 5.48. The molecule has 2 heterocycles. The third-order valence-electron chi connectivity index (χ3n) is 4.79. The van der Waals surface area contributed by atoms with Gasteiger partial charge in [0.05, 0.1) is 6.04 Å². The molecule has 6 heteroatoms. The van der Waals surface area contributed by atoms with E-state index in [4.69, 9.17) is 0 Å². The largest absolute Gasteiger partial charge is 0.340 e. The van der Waals surface area contributed by atoms with Crippen molar-refractivity contribution in [2.75, 3.05) is 13.6 Å². The molecule has 0 spiro atoms. The predicted molar refractivity (Wildman–Crippen MR) is 94.5 cm³/mol. The molecule has 0 bridgehead atoms. The number of halogens is 1. The number of amides is 1. The Morgan fingerprint density at radius 2 is 2.36 bits per heavy atom. The summed E-state index contributed by atoms with van der Waals surface area (Å²) < 4.78 is 15.5. The van der Waals surface area contributed by atoms with Crippen LogP contribution in [-0.2, 0) is 17.9 Å². The van der Waals surface area contributed by atoms with Crippen LogP contribution in [0.3, 0.4) is 0 Å². The number of fused-ring (bicyclic) bond motifs is 1. The molecule has 0 aliphatic carbocycles. The van der Waals surface area contributed by atoms with Crippen LogP contribution in [0.15, 0.2) is 36.7 Å². The summed E-state index contributed by atoms with van der Waals surface area (Å²) in [5, 5.41) is 3.34. The van der Waals surface area contributed by atoms with Gasteiger partial charge in [0.25, 0.3) is 0 Å². The van der Waals surface area contributed by atoms with Crippen molar-refractivity contribution in [1.82, 2.24) is 19.8 Å². The summed E-state index contributed by atoms with van der Waals surface area (Å²) in [7, 11) is 1.75. The molecular weight excluding hydrogens is 319 g/mol. The highest BCUT2D eigenvalue weighted by atomic mass is 19.1. The number of carbonyl (C=O) groups is 1. The third-order valence-corrected chi connectivity index (χ3v) is 4.79. The molecule has 1 N–H and O–H groups in total. The number of imidazole rings is 1. The van der Waals surface area contributed by atoms with Crippen molar-refractivity contribution in [2.45, 2.75) is 44.8 Å². The maximum Gasteiger partial charge on any atom is 0.239 e. The second-order valence-electron chi connectivity index (χ2n) is 6.77. The highest BCUT2D eigenvalue weighted by Crippen LogP contribution is 2.24. The van der Waals surface area contributed by atoms with E-state index in [9.17, 15) is 9.18 Å². The number of nitrogens with zero attached hydrogens (tertiary/aromatic N) is 3. The molecule has 2 aromatic rings. The van der Waals surface area contributed by atoms with Crippen molar-refractivity contribution in [3.05, 3.63) is 53.9 Å². The van der Waals surface area contributed by atoms with E-state index < -0.39 is 0 Å². The molecule has 0 saturated heterocycles. The van der Waals surface area contributed by atoms with E-state index in [0.29, 0.717) is 12.5 Å². The van der Waals surface area contributed by atoms with Gasteiger partial charge in [-0.05, 0) is 37.5 Å². The van der Waals surface area contributed by atoms with Gasteiger partial charge in [-0.15, -0.1) is 0 Å².